The molecule has 0 atom stereocenters. The van der Waals surface area contributed by atoms with Crippen LogP contribution in [0.25, 0.3) is 16.7 Å². The molecule has 2 aliphatic rings. The van der Waals surface area contributed by atoms with E-state index in [0.717, 1.165) is 62.1 Å². The van der Waals surface area contributed by atoms with Crippen molar-refractivity contribution in [2.75, 3.05) is 9.80 Å². The molecule has 0 unspecified atom stereocenters. The summed E-state index contributed by atoms with van der Waals surface area (Å²) < 4.78 is 2.36. The first-order valence-electron chi connectivity index (χ1n) is 21.0. The van der Waals surface area contributed by atoms with Gasteiger partial charge in [-0.3, -0.25) is 9.47 Å². The summed E-state index contributed by atoms with van der Waals surface area (Å²) in [5, 5.41) is 0. The molecule has 12 rings (SSSR count). The zero-order valence-electron chi connectivity index (χ0n) is 33.4. The Kier molecular flexibility index (Phi) is 7.94. The van der Waals surface area contributed by atoms with E-state index in [1.54, 1.807) is 0 Å². The van der Waals surface area contributed by atoms with Crippen molar-refractivity contribution in [2.24, 2.45) is 0 Å². The van der Waals surface area contributed by atoms with Gasteiger partial charge in [0.25, 0.3) is 0 Å². The van der Waals surface area contributed by atoms with Crippen molar-refractivity contribution in [2.45, 2.75) is 11.0 Å². The molecule has 0 aliphatic carbocycles. The molecule has 0 fully saturated rings. The summed E-state index contributed by atoms with van der Waals surface area (Å²) >= 11 is 0. The van der Waals surface area contributed by atoms with Gasteiger partial charge in [0.05, 0.1) is 33.5 Å². The van der Waals surface area contributed by atoms with E-state index in [2.05, 4.69) is 257 Å². The zero-order valence-corrected chi connectivity index (χ0v) is 33.4. The SMILES string of the molecule is c1ccc(N2c3nc4ccccc4n3-c3ccc(N4c5ccccc5C(c5ccccc5)(c5ccccc5)c5ccccc54)cc3C2(c2ccccc2)c2ccccc2)cc1. The third-order valence-electron chi connectivity index (χ3n) is 12.9. The van der Waals surface area contributed by atoms with Crippen molar-refractivity contribution in [3.8, 4) is 5.69 Å². The van der Waals surface area contributed by atoms with Crippen LogP contribution in [0.2, 0.25) is 0 Å². The number of benzene rings is 9. The topological polar surface area (TPSA) is 24.3 Å². The molecule has 4 heteroatoms. The van der Waals surface area contributed by atoms with E-state index in [1.807, 2.05) is 0 Å². The lowest BCUT2D eigenvalue weighted by Crippen LogP contribution is -2.49. The van der Waals surface area contributed by atoms with Gasteiger partial charge in [0.15, 0.2) is 0 Å². The molecular weight excluding hydrogens is 741 g/mol. The van der Waals surface area contributed by atoms with Gasteiger partial charge in [-0.05, 0) is 88.0 Å². The van der Waals surface area contributed by atoms with Gasteiger partial charge in [-0.25, -0.2) is 4.98 Å². The maximum atomic E-state index is 5.48. The molecule has 0 N–H and O–H groups in total. The molecule has 0 saturated carbocycles. The van der Waals surface area contributed by atoms with Crippen LogP contribution in [0.4, 0.5) is 28.7 Å². The molecule has 288 valence electrons. The summed E-state index contributed by atoms with van der Waals surface area (Å²) in [6, 6.07) is 88.3. The maximum Gasteiger partial charge on any atom is 0.217 e. The summed E-state index contributed by atoms with van der Waals surface area (Å²) in [6.45, 7) is 0. The molecule has 0 spiro atoms. The molecule has 0 bridgehead atoms. The molecule has 0 amide bonds. The smallest absolute Gasteiger partial charge is 0.217 e. The largest absolute Gasteiger partial charge is 0.310 e. The highest BCUT2D eigenvalue weighted by atomic mass is 15.4. The van der Waals surface area contributed by atoms with E-state index >= 15 is 0 Å². The van der Waals surface area contributed by atoms with Crippen LogP contribution in [0.5, 0.6) is 0 Å². The second kappa shape index (κ2) is 13.8. The quantitative estimate of drug-likeness (QED) is 0.168. The van der Waals surface area contributed by atoms with Crippen molar-refractivity contribution in [1.29, 1.82) is 0 Å². The second-order valence-corrected chi connectivity index (χ2v) is 15.9. The van der Waals surface area contributed by atoms with Gasteiger partial charge in [-0.15, -0.1) is 0 Å². The number of anilines is 5. The second-order valence-electron chi connectivity index (χ2n) is 15.9. The normalized spacial score (nSPS) is 14.4. The Hall–Kier alpha value is -7.95. The van der Waals surface area contributed by atoms with Gasteiger partial charge < -0.3 is 4.90 Å². The third-order valence-corrected chi connectivity index (χ3v) is 12.9. The highest BCUT2D eigenvalue weighted by Crippen LogP contribution is 2.60. The average molecular weight is 781 g/mol. The van der Waals surface area contributed by atoms with Crippen LogP contribution in [-0.2, 0) is 11.0 Å². The lowest BCUT2D eigenvalue weighted by atomic mass is 9.62. The number of hydrogen-bond acceptors (Lipinski definition) is 3. The van der Waals surface area contributed by atoms with Crippen LogP contribution >= 0.6 is 0 Å². The van der Waals surface area contributed by atoms with E-state index in [1.165, 1.54) is 22.3 Å². The van der Waals surface area contributed by atoms with Crippen LogP contribution in [0.3, 0.4) is 0 Å². The molecule has 3 heterocycles. The van der Waals surface area contributed by atoms with Crippen molar-refractivity contribution in [3.05, 3.63) is 282 Å². The van der Waals surface area contributed by atoms with Crippen LogP contribution in [0.1, 0.15) is 38.9 Å². The third kappa shape index (κ3) is 4.97. The molecule has 1 aromatic heterocycles. The van der Waals surface area contributed by atoms with Crippen molar-refractivity contribution >= 4 is 39.7 Å². The van der Waals surface area contributed by atoms with Gasteiger partial charge in [0.1, 0.15) is 5.54 Å². The molecular formula is C57H40N4. The molecule has 0 radical (unpaired) electrons. The predicted octanol–water partition coefficient (Wildman–Crippen LogP) is 13.6. The van der Waals surface area contributed by atoms with Crippen LogP contribution in [-0.4, -0.2) is 9.55 Å². The van der Waals surface area contributed by atoms with Gasteiger partial charge >= 0.3 is 0 Å². The lowest BCUT2D eigenvalue weighted by molar-refractivity contribution is 0.588. The van der Waals surface area contributed by atoms with Gasteiger partial charge in [0.2, 0.25) is 5.95 Å². The van der Waals surface area contributed by atoms with Crippen molar-refractivity contribution in [3.63, 3.8) is 0 Å². The predicted molar refractivity (Wildman–Crippen MR) is 249 cm³/mol. The van der Waals surface area contributed by atoms with Gasteiger partial charge in [-0.1, -0.05) is 188 Å². The number of rotatable bonds is 6. The standard InChI is InChI=1S/C57H40N4/c1-6-22-41(23-7-1)56(42-24-8-2-9-25-42)47-32-16-19-35-51(47)59(52-36-20-17-33-48(52)56)46-38-39-53-49(40-46)57(43-26-10-3-11-27-43,44-28-12-4-13-29-44)61(45-30-14-5-15-31-45)55-58-50-34-18-21-37-54(50)60(53)55/h1-40H. The molecule has 4 nitrogen and oxygen atoms in total. The first-order valence-corrected chi connectivity index (χ1v) is 21.0. The number of imidazole rings is 1. The zero-order chi connectivity index (χ0) is 40.4. The summed E-state index contributed by atoms with van der Waals surface area (Å²) in [6.07, 6.45) is 0. The Labute approximate surface area is 355 Å². The van der Waals surface area contributed by atoms with Crippen molar-refractivity contribution in [1.82, 2.24) is 9.55 Å². The Morgan fingerprint density at radius 2 is 0.803 bits per heavy atom. The minimum Gasteiger partial charge on any atom is -0.310 e. The monoisotopic (exact) mass is 780 g/mol. The summed E-state index contributed by atoms with van der Waals surface area (Å²) in [5.41, 5.74) is 14.5. The highest BCUT2D eigenvalue weighted by Gasteiger charge is 2.51. The minimum absolute atomic E-state index is 0.563. The van der Waals surface area contributed by atoms with Gasteiger partial charge in [-0.2, -0.15) is 0 Å². The number of aromatic nitrogens is 2. The number of nitrogens with zero attached hydrogens (tertiary/aromatic N) is 4. The first-order chi connectivity index (χ1) is 30.3. The number of hydrogen-bond donors (Lipinski definition) is 0. The molecule has 0 saturated heterocycles. The Bertz CT molecular complexity index is 3070. The fourth-order valence-corrected chi connectivity index (χ4v) is 10.5. The Balaban J connectivity index is 1.21. The number of para-hydroxylation sites is 5. The summed E-state index contributed by atoms with van der Waals surface area (Å²) in [5.74, 6) is 0.865. The van der Waals surface area contributed by atoms with Crippen LogP contribution in [0, 0.1) is 0 Å². The minimum atomic E-state index is -0.834. The summed E-state index contributed by atoms with van der Waals surface area (Å²) in [4.78, 5) is 10.4. The fourth-order valence-electron chi connectivity index (χ4n) is 10.5. The van der Waals surface area contributed by atoms with Crippen LogP contribution in [0.15, 0.2) is 243 Å². The lowest BCUT2D eigenvalue weighted by Gasteiger charge is -2.50. The number of fused-ring (bicyclic) bond motifs is 7. The highest BCUT2D eigenvalue weighted by molar-refractivity contribution is 5.92. The molecule has 2 aliphatic heterocycles. The molecule has 10 aromatic rings. The van der Waals surface area contributed by atoms with E-state index in [0.29, 0.717) is 0 Å². The average Bonchev–Trinajstić information content (AvgIpc) is 3.73. The van der Waals surface area contributed by atoms with E-state index in [-0.39, 0.29) is 0 Å². The first kappa shape index (κ1) is 35.0. The van der Waals surface area contributed by atoms with E-state index in [4.69, 9.17) is 4.98 Å². The van der Waals surface area contributed by atoms with E-state index in [9.17, 15) is 0 Å². The molecule has 61 heavy (non-hydrogen) atoms. The van der Waals surface area contributed by atoms with Gasteiger partial charge in [0, 0.05) is 16.9 Å². The summed E-state index contributed by atoms with van der Waals surface area (Å²) in [7, 11) is 0. The Morgan fingerprint density at radius 1 is 0.344 bits per heavy atom. The maximum absolute atomic E-state index is 5.48. The van der Waals surface area contributed by atoms with E-state index < -0.39 is 11.0 Å². The fraction of sp³-hybridized carbons (Fsp3) is 0.0351. The van der Waals surface area contributed by atoms with Crippen molar-refractivity contribution < 1.29 is 0 Å². The van der Waals surface area contributed by atoms with Crippen LogP contribution < -0.4 is 9.80 Å². The molecule has 9 aromatic carbocycles. The Morgan fingerprint density at radius 3 is 1.36 bits per heavy atom.